The molecule has 0 amide bonds. The van der Waals surface area contributed by atoms with Crippen LogP contribution in [0, 0.1) is 11.3 Å². The highest BCUT2D eigenvalue weighted by atomic mass is 16.7. The van der Waals surface area contributed by atoms with E-state index in [1.807, 2.05) is 6.07 Å². The van der Waals surface area contributed by atoms with E-state index in [1.165, 1.54) is 20.8 Å². The number of carbonyl (C=O) groups excluding carboxylic acids is 3. The Hall–Kier alpha value is -3.86. The van der Waals surface area contributed by atoms with Crippen molar-refractivity contribution in [2.45, 2.75) is 45.3 Å². The Labute approximate surface area is 182 Å². The van der Waals surface area contributed by atoms with Gasteiger partial charge in [-0.15, -0.1) is 15.0 Å². The van der Waals surface area contributed by atoms with Gasteiger partial charge in [0.25, 0.3) is 0 Å². The lowest BCUT2D eigenvalue weighted by molar-refractivity contribution is -0.166. The number of esters is 3. The number of carbonyl (C=O) groups is 3. The number of rotatable bonds is 6. The highest BCUT2D eigenvalue weighted by Crippen LogP contribution is 2.34. The fraction of sp³-hybridized carbons (Fsp3) is 0.556. The highest BCUT2D eigenvalue weighted by molar-refractivity contribution is 5.82. The summed E-state index contributed by atoms with van der Waals surface area (Å²) in [6, 6.07) is 1.86. The van der Waals surface area contributed by atoms with Crippen molar-refractivity contribution in [3.63, 3.8) is 0 Å². The van der Waals surface area contributed by atoms with E-state index in [-0.39, 0.29) is 23.6 Å². The van der Waals surface area contributed by atoms with Crippen molar-refractivity contribution in [3.05, 3.63) is 5.82 Å². The van der Waals surface area contributed by atoms with E-state index in [9.17, 15) is 19.6 Å². The summed E-state index contributed by atoms with van der Waals surface area (Å²) in [6.07, 6.45) is -4.34. The smallest absolute Gasteiger partial charge is 0.303 e. The highest BCUT2D eigenvalue weighted by Gasteiger charge is 2.51. The topological polar surface area (TPSA) is 172 Å². The van der Waals surface area contributed by atoms with Crippen LogP contribution in [-0.2, 0) is 33.3 Å². The first-order valence-electron chi connectivity index (χ1n) is 9.46. The Morgan fingerprint density at radius 2 is 1.72 bits per heavy atom. The minimum Gasteiger partial charge on any atom is -0.463 e. The number of hydrogen-bond donors (Lipinski definition) is 0. The maximum Gasteiger partial charge on any atom is 0.303 e. The molecule has 14 nitrogen and oxygen atoms in total. The van der Waals surface area contributed by atoms with Crippen molar-refractivity contribution in [2.75, 3.05) is 25.6 Å². The molecule has 0 aliphatic carbocycles. The molecule has 1 fully saturated rings. The Balaban J connectivity index is 2.06. The maximum atomic E-state index is 11.8. The molecule has 0 aromatic carbocycles. The van der Waals surface area contributed by atoms with Gasteiger partial charge in [0.15, 0.2) is 23.5 Å². The van der Waals surface area contributed by atoms with Crippen molar-refractivity contribution in [1.82, 2.24) is 25.0 Å². The first kappa shape index (κ1) is 22.8. The standard InChI is InChI=1S/C18H21N7O7/c1-8(26)29-7-11-14(30-9(2)27)15(31-10(3)28)18(32-11)25-22-13-16(23-25)20-12(6-19)21-17(13)24(4)5/h11,14-15,18H,7H2,1-5H3/t11-,14-,15-,18-/m1/s1. The van der Waals surface area contributed by atoms with E-state index in [1.54, 1.807) is 19.0 Å². The minimum absolute atomic E-state index is 0.109. The average molecular weight is 447 g/mol. The monoisotopic (exact) mass is 447 g/mol. The Bertz CT molecular complexity index is 1090. The lowest BCUT2D eigenvalue weighted by Crippen LogP contribution is -2.40. The number of anilines is 1. The molecular formula is C18H21N7O7. The Morgan fingerprint density at radius 1 is 1.06 bits per heavy atom. The fourth-order valence-corrected chi connectivity index (χ4v) is 3.17. The first-order valence-corrected chi connectivity index (χ1v) is 9.46. The van der Waals surface area contributed by atoms with E-state index in [0.29, 0.717) is 5.82 Å². The Morgan fingerprint density at radius 3 is 2.28 bits per heavy atom. The number of nitrogens with zero attached hydrogens (tertiary/aromatic N) is 7. The maximum absolute atomic E-state index is 11.8. The molecule has 0 saturated carbocycles. The van der Waals surface area contributed by atoms with Gasteiger partial charge in [-0.3, -0.25) is 14.4 Å². The third-order valence-electron chi connectivity index (χ3n) is 4.34. The molecule has 1 saturated heterocycles. The van der Waals surface area contributed by atoms with Crippen LogP contribution in [-0.4, -0.2) is 81.9 Å². The van der Waals surface area contributed by atoms with Gasteiger partial charge in [0.05, 0.1) is 0 Å². The summed E-state index contributed by atoms with van der Waals surface area (Å²) >= 11 is 0. The van der Waals surface area contributed by atoms with Crippen molar-refractivity contribution in [2.24, 2.45) is 0 Å². The minimum atomic E-state index is -1.15. The molecule has 2 aromatic rings. The predicted molar refractivity (Wildman–Crippen MR) is 104 cm³/mol. The second-order valence-electron chi connectivity index (χ2n) is 7.09. The number of ether oxygens (including phenoxy) is 4. The van der Waals surface area contributed by atoms with E-state index in [4.69, 9.17) is 18.9 Å². The van der Waals surface area contributed by atoms with Crippen LogP contribution in [0.15, 0.2) is 0 Å². The summed E-state index contributed by atoms with van der Waals surface area (Å²) < 4.78 is 21.6. The summed E-state index contributed by atoms with van der Waals surface area (Å²) in [4.78, 5) is 45.6. The molecule has 3 heterocycles. The summed E-state index contributed by atoms with van der Waals surface area (Å²) in [5, 5.41) is 17.8. The van der Waals surface area contributed by atoms with Crippen LogP contribution >= 0.6 is 0 Å². The zero-order chi connectivity index (χ0) is 23.6. The van der Waals surface area contributed by atoms with Gasteiger partial charge in [0.1, 0.15) is 18.8 Å². The van der Waals surface area contributed by atoms with E-state index < -0.39 is 42.4 Å². The third kappa shape index (κ3) is 4.72. The van der Waals surface area contributed by atoms with Gasteiger partial charge >= 0.3 is 17.9 Å². The summed E-state index contributed by atoms with van der Waals surface area (Å²) in [6.45, 7) is 3.32. The Kier molecular flexibility index (Phi) is 6.49. The molecule has 0 spiro atoms. The number of hydrogen-bond acceptors (Lipinski definition) is 13. The number of aromatic nitrogens is 5. The lowest BCUT2D eigenvalue weighted by atomic mass is 10.1. The fourth-order valence-electron chi connectivity index (χ4n) is 3.17. The van der Waals surface area contributed by atoms with Gasteiger partial charge in [-0.25, -0.2) is 0 Å². The molecule has 14 heteroatoms. The van der Waals surface area contributed by atoms with Crippen molar-refractivity contribution >= 4 is 34.9 Å². The van der Waals surface area contributed by atoms with Crippen molar-refractivity contribution in [1.29, 1.82) is 5.26 Å². The number of nitriles is 1. The van der Waals surface area contributed by atoms with E-state index in [0.717, 1.165) is 4.80 Å². The molecule has 0 N–H and O–H groups in total. The quantitative estimate of drug-likeness (QED) is 0.409. The molecule has 2 aromatic heterocycles. The van der Waals surface area contributed by atoms with Crippen LogP contribution in [0.5, 0.6) is 0 Å². The molecule has 32 heavy (non-hydrogen) atoms. The van der Waals surface area contributed by atoms with Crippen LogP contribution in [0.2, 0.25) is 0 Å². The van der Waals surface area contributed by atoms with Gasteiger partial charge in [0, 0.05) is 34.9 Å². The van der Waals surface area contributed by atoms with Gasteiger partial charge in [-0.1, -0.05) is 0 Å². The van der Waals surface area contributed by atoms with Gasteiger partial charge in [-0.05, 0) is 0 Å². The average Bonchev–Trinajstić information content (AvgIpc) is 3.26. The summed E-state index contributed by atoms with van der Waals surface area (Å²) in [5.74, 6) is -1.65. The lowest BCUT2D eigenvalue weighted by Gasteiger charge is -2.22. The molecule has 0 unspecified atom stereocenters. The van der Waals surface area contributed by atoms with Crippen LogP contribution in [0.1, 0.15) is 32.8 Å². The largest absolute Gasteiger partial charge is 0.463 e. The van der Waals surface area contributed by atoms with Crippen LogP contribution in [0.4, 0.5) is 5.82 Å². The molecule has 1 aliphatic heterocycles. The van der Waals surface area contributed by atoms with Gasteiger partial charge < -0.3 is 23.8 Å². The van der Waals surface area contributed by atoms with Gasteiger partial charge in [-0.2, -0.15) is 15.2 Å². The molecule has 170 valence electrons. The molecule has 4 atom stereocenters. The predicted octanol–water partition coefficient (Wildman–Crippen LogP) is -0.517. The molecule has 3 rings (SSSR count). The molecule has 0 bridgehead atoms. The van der Waals surface area contributed by atoms with Crippen molar-refractivity contribution in [3.8, 4) is 6.07 Å². The second-order valence-corrected chi connectivity index (χ2v) is 7.09. The van der Waals surface area contributed by atoms with Crippen LogP contribution in [0.3, 0.4) is 0 Å². The first-order chi connectivity index (χ1) is 15.1. The van der Waals surface area contributed by atoms with Crippen LogP contribution in [0.25, 0.3) is 11.2 Å². The summed E-state index contributed by atoms with van der Waals surface area (Å²) in [7, 11) is 3.42. The zero-order valence-electron chi connectivity index (χ0n) is 18.0. The number of fused-ring (bicyclic) bond motifs is 1. The second kappa shape index (κ2) is 9.10. The third-order valence-corrected chi connectivity index (χ3v) is 4.34. The normalized spacial score (nSPS) is 22.2. The van der Waals surface area contributed by atoms with Crippen LogP contribution < -0.4 is 4.90 Å². The van der Waals surface area contributed by atoms with Gasteiger partial charge in [0.2, 0.25) is 17.7 Å². The van der Waals surface area contributed by atoms with E-state index in [2.05, 4.69) is 20.2 Å². The molecular weight excluding hydrogens is 426 g/mol. The van der Waals surface area contributed by atoms with Crippen molar-refractivity contribution < 1.29 is 33.3 Å². The molecule has 0 radical (unpaired) electrons. The van der Waals surface area contributed by atoms with E-state index >= 15 is 0 Å². The zero-order valence-corrected chi connectivity index (χ0v) is 18.0. The summed E-state index contributed by atoms with van der Waals surface area (Å²) in [5.41, 5.74) is 0.379. The SMILES string of the molecule is CC(=O)OC[C@H]1O[C@@H](n2nc3nc(C#N)nc(N(C)C)c3n2)[C@H](OC(C)=O)[C@@H]1OC(C)=O. The molecule has 1 aliphatic rings.